The van der Waals surface area contributed by atoms with E-state index >= 15 is 0 Å². The third-order valence-corrected chi connectivity index (χ3v) is 6.00. The molecule has 1 aromatic carbocycles. The summed E-state index contributed by atoms with van der Waals surface area (Å²) < 4.78 is 16.8. The van der Waals surface area contributed by atoms with Crippen LogP contribution >= 0.6 is 11.3 Å². The van der Waals surface area contributed by atoms with Crippen molar-refractivity contribution in [1.82, 2.24) is 15.0 Å². The number of nitrogens with zero attached hydrogens (tertiary/aromatic N) is 3. The number of hydrogen-bond acceptors (Lipinski definition) is 7. The Morgan fingerprint density at radius 1 is 1.24 bits per heavy atom. The molecule has 150 valence electrons. The molecule has 1 atom stereocenters. The minimum absolute atomic E-state index is 0.0125. The third-order valence-electron chi connectivity index (χ3n) is 5.31. The predicted molar refractivity (Wildman–Crippen MR) is 107 cm³/mol. The minimum Gasteiger partial charge on any atom is -0.486 e. The van der Waals surface area contributed by atoms with Gasteiger partial charge in [-0.25, -0.2) is 0 Å². The number of para-hydroxylation sites is 1. The number of piperidine rings is 1. The van der Waals surface area contributed by atoms with Crippen molar-refractivity contribution in [3.8, 4) is 22.9 Å². The number of thiophene rings is 1. The van der Waals surface area contributed by atoms with Gasteiger partial charge < -0.3 is 18.9 Å². The van der Waals surface area contributed by atoms with Crippen molar-refractivity contribution in [2.75, 3.05) is 26.3 Å². The maximum Gasteiger partial charge on any atom is 0.257 e. The van der Waals surface area contributed by atoms with Gasteiger partial charge in [0.15, 0.2) is 11.5 Å². The van der Waals surface area contributed by atoms with Crippen LogP contribution in [0.5, 0.6) is 11.5 Å². The van der Waals surface area contributed by atoms with Crippen LogP contribution in [-0.2, 0) is 6.42 Å². The van der Waals surface area contributed by atoms with Gasteiger partial charge in [0.05, 0.1) is 5.56 Å². The molecule has 0 spiro atoms. The molecule has 2 aliphatic rings. The summed E-state index contributed by atoms with van der Waals surface area (Å²) in [4.78, 5) is 19.6. The van der Waals surface area contributed by atoms with Gasteiger partial charge in [0.1, 0.15) is 13.2 Å². The van der Waals surface area contributed by atoms with Crippen LogP contribution in [-0.4, -0.2) is 47.3 Å². The Kier molecular flexibility index (Phi) is 4.93. The summed E-state index contributed by atoms with van der Waals surface area (Å²) in [5, 5.41) is 8.08. The van der Waals surface area contributed by atoms with E-state index in [2.05, 4.69) is 10.1 Å². The number of hydrogen-bond donors (Lipinski definition) is 0. The highest BCUT2D eigenvalue weighted by molar-refractivity contribution is 7.08. The molecule has 0 bridgehead atoms. The molecule has 1 amide bonds. The Hall–Kier alpha value is -2.87. The summed E-state index contributed by atoms with van der Waals surface area (Å²) in [5.74, 6) is 2.73. The average molecular weight is 411 g/mol. The molecule has 5 rings (SSSR count). The molecule has 4 heterocycles. The number of fused-ring (bicyclic) bond motifs is 1. The third kappa shape index (κ3) is 3.72. The quantitative estimate of drug-likeness (QED) is 0.652. The van der Waals surface area contributed by atoms with Crippen molar-refractivity contribution in [3.63, 3.8) is 0 Å². The Bertz CT molecular complexity index is 1000. The molecule has 0 radical (unpaired) electrons. The van der Waals surface area contributed by atoms with Gasteiger partial charge in [-0.3, -0.25) is 4.79 Å². The second kappa shape index (κ2) is 7.87. The van der Waals surface area contributed by atoms with Gasteiger partial charge in [0, 0.05) is 30.5 Å². The van der Waals surface area contributed by atoms with Crippen LogP contribution in [0.1, 0.15) is 29.1 Å². The molecule has 1 unspecified atom stereocenters. The number of likely N-dealkylation sites (tertiary alicyclic amines) is 1. The van der Waals surface area contributed by atoms with Crippen molar-refractivity contribution in [2.45, 2.75) is 19.3 Å². The lowest BCUT2D eigenvalue weighted by Gasteiger charge is -2.33. The molecule has 2 aliphatic heterocycles. The standard InChI is InChI=1S/C21H21N3O4S/c25-21(16-4-1-5-17-19(16)27-9-8-26-17)24-7-2-3-14(12-24)11-18-22-20(23-28-18)15-6-10-29-13-15/h1,4-6,10,13-14H,2-3,7-9,11-12H2. The van der Waals surface area contributed by atoms with Gasteiger partial charge in [-0.1, -0.05) is 11.2 Å². The molecule has 1 saturated heterocycles. The average Bonchev–Trinajstić information content (AvgIpc) is 3.45. The van der Waals surface area contributed by atoms with Crippen LogP contribution in [0.4, 0.5) is 0 Å². The largest absolute Gasteiger partial charge is 0.486 e. The van der Waals surface area contributed by atoms with E-state index in [0.29, 0.717) is 60.9 Å². The van der Waals surface area contributed by atoms with E-state index in [1.54, 1.807) is 11.3 Å². The summed E-state index contributed by atoms with van der Waals surface area (Å²) >= 11 is 1.61. The van der Waals surface area contributed by atoms with E-state index in [4.69, 9.17) is 14.0 Å². The number of carbonyl (C=O) groups excluding carboxylic acids is 1. The first-order chi connectivity index (χ1) is 14.3. The topological polar surface area (TPSA) is 77.7 Å². The predicted octanol–water partition coefficient (Wildman–Crippen LogP) is 3.66. The van der Waals surface area contributed by atoms with Gasteiger partial charge in [-0.05, 0) is 42.3 Å². The van der Waals surface area contributed by atoms with Gasteiger partial charge >= 0.3 is 0 Å². The molecule has 7 nitrogen and oxygen atoms in total. The molecule has 3 aromatic rings. The summed E-state index contributed by atoms with van der Waals surface area (Å²) in [6.07, 6.45) is 2.66. The summed E-state index contributed by atoms with van der Waals surface area (Å²) in [6.45, 7) is 2.38. The fourth-order valence-corrected chi connectivity index (χ4v) is 4.56. The first-order valence-corrected chi connectivity index (χ1v) is 10.8. The lowest BCUT2D eigenvalue weighted by Crippen LogP contribution is -2.40. The van der Waals surface area contributed by atoms with E-state index in [0.717, 1.165) is 24.9 Å². The van der Waals surface area contributed by atoms with Gasteiger partial charge in [-0.15, -0.1) is 0 Å². The van der Waals surface area contributed by atoms with Crippen molar-refractivity contribution in [3.05, 3.63) is 46.5 Å². The molecule has 0 aliphatic carbocycles. The summed E-state index contributed by atoms with van der Waals surface area (Å²) in [6, 6.07) is 7.47. The van der Waals surface area contributed by atoms with Crippen LogP contribution < -0.4 is 9.47 Å². The lowest BCUT2D eigenvalue weighted by molar-refractivity contribution is 0.0658. The number of rotatable bonds is 4. The van der Waals surface area contributed by atoms with Gasteiger partial charge in [0.2, 0.25) is 11.7 Å². The van der Waals surface area contributed by atoms with E-state index in [1.165, 1.54) is 0 Å². The van der Waals surface area contributed by atoms with Crippen molar-refractivity contribution < 1.29 is 18.8 Å². The maximum absolute atomic E-state index is 13.2. The first kappa shape index (κ1) is 18.2. The van der Waals surface area contributed by atoms with Crippen LogP contribution in [0, 0.1) is 5.92 Å². The van der Waals surface area contributed by atoms with Crippen LogP contribution in [0.2, 0.25) is 0 Å². The molecule has 29 heavy (non-hydrogen) atoms. The van der Waals surface area contributed by atoms with Crippen LogP contribution in [0.15, 0.2) is 39.5 Å². The van der Waals surface area contributed by atoms with Crippen LogP contribution in [0.3, 0.4) is 0 Å². The van der Waals surface area contributed by atoms with Crippen molar-refractivity contribution in [1.29, 1.82) is 0 Å². The zero-order valence-corrected chi connectivity index (χ0v) is 16.7. The minimum atomic E-state index is -0.0125. The Labute approximate surface area is 172 Å². The second-order valence-electron chi connectivity index (χ2n) is 7.32. The monoisotopic (exact) mass is 411 g/mol. The Morgan fingerprint density at radius 2 is 2.17 bits per heavy atom. The smallest absolute Gasteiger partial charge is 0.257 e. The SMILES string of the molecule is O=C(c1cccc2c1OCCO2)N1CCCC(Cc2nc(-c3ccsc3)no2)C1. The molecule has 0 N–H and O–H groups in total. The van der Waals surface area contributed by atoms with Gasteiger partial charge in [-0.2, -0.15) is 16.3 Å². The van der Waals surface area contributed by atoms with Crippen molar-refractivity contribution in [2.24, 2.45) is 5.92 Å². The highest BCUT2D eigenvalue weighted by atomic mass is 32.1. The number of carbonyl (C=O) groups is 1. The molecular weight excluding hydrogens is 390 g/mol. The molecule has 8 heteroatoms. The summed E-state index contributed by atoms with van der Waals surface area (Å²) in [5.41, 5.74) is 1.54. The van der Waals surface area contributed by atoms with Crippen molar-refractivity contribution >= 4 is 17.2 Å². The highest BCUT2D eigenvalue weighted by Crippen LogP contribution is 2.35. The molecule has 0 saturated carbocycles. The van der Waals surface area contributed by atoms with Gasteiger partial charge in [0.25, 0.3) is 5.91 Å². The van der Waals surface area contributed by atoms with E-state index in [9.17, 15) is 4.79 Å². The Morgan fingerprint density at radius 3 is 3.07 bits per heavy atom. The number of benzene rings is 1. The zero-order valence-electron chi connectivity index (χ0n) is 15.9. The lowest BCUT2D eigenvalue weighted by atomic mass is 9.94. The van der Waals surface area contributed by atoms with E-state index in [-0.39, 0.29) is 5.91 Å². The second-order valence-corrected chi connectivity index (χ2v) is 8.10. The zero-order chi connectivity index (χ0) is 19.6. The maximum atomic E-state index is 13.2. The number of aromatic nitrogens is 2. The van der Waals surface area contributed by atoms with E-state index in [1.807, 2.05) is 39.9 Å². The number of amides is 1. The number of ether oxygens (including phenoxy) is 2. The fourth-order valence-electron chi connectivity index (χ4n) is 3.92. The molecule has 1 fully saturated rings. The molecule has 2 aromatic heterocycles. The fraction of sp³-hybridized carbons (Fsp3) is 0.381. The highest BCUT2D eigenvalue weighted by Gasteiger charge is 2.29. The summed E-state index contributed by atoms with van der Waals surface area (Å²) in [7, 11) is 0. The van der Waals surface area contributed by atoms with E-state index < -0.39 is 0 Å². The molecular formula is C21H21N3O4S. The first-order valence-electron chi connectivity index (χ1n) is 9.81. The Balaban J connectivity index is 1.28. The normalized spacial score (nSPS) is 18.6. The van der Waals surface area contributed by atoms with Crippen LogP contribution in [0.25, 0.3) is 11.4 Å².